The fourth-order valence-electron chi connectivity index (χ4n) is 1.28. The second-order valence-electron chi connectivity index (χ2n) is 4.32. The first-order chi connectivity index (χ1) is 8.32. The molecule has 2 N–H and O–H groups in total. The Labute approximate surface area is 104 Å². The molecule has 0 radical (unpaired) electrons. The van der Waals surface area contributed by atoms with E-state index in [-0.39, 0.29) is 11.6 Å². The van der Waals surface area contributed by atoms with E-state index < -0.39 is 12.0 Å². The third-order valence-electron chi connectivity index (χ3n) is 2.26. The second-order valence-corrected chi connectivity index (χ2v) is 4.32. The van der Waals surface area contributed by atoms with Gasteiger partial charge in [-0.25, -0.2) is 9.97 Å². The van der Waals surface area contributed by atoms with Crippen LogP contribution >= 0.6 is 0 Å². The molecule has 0 spiro atoms. The van der Waals surface area contributed by atoms with Gasteiger partial charge in [0.15, 0.2) is 0 Å². The molecule has 0 amide bonds. The van der Waals surface area contributed by atoms with Gasteiger partial charge in [0.05, 0.1) is 0 Å². The van der Waals surface area contributed by atoms with E-state index in [0.717, 1.165) is 6.42 Å². The molecule has 1 heterocycles. The standard InChI is InChI=1S/C11H17F3N4/c1-7(2)4-5-16-9-6-8(15-3)17-10(18-9)11(12,13)14/h6-7H,4-5H2,1-3H3,(H2,15,16,17,18). The van der Waals surface area contributed by atoms with E-state index in [0.29, 0.717) is 12.5 Å². The van der Waals surface area contributed by atoms with E-state index in [9.17, 15) is 13.2 Å². The number of rotatable bonds is 5. The van der Waals surface area contributed by atoms with E-state index in [1.54, 1.807) is 0 Å². The Balaban J connectivity index is 2.84. The molecule has 4 nitrogen and oxygen atoms in total. The molecule has 0 unspecified atom stereocenters. The lowest BCUT2D eigenvalue weighted by Crippen LogP contribution is -2.15. The van der Waals surface area contributed by atoms with Crippen molar-refractivity contribution in [1.29, 1.82) is 0 Å². The molecule has 1 aromatic heterocycles. The highest BCUT2D eigenvalue weighted by Crippen LogP contribution is 2.28. The zero-order chi connectivity index (χ0) is 13.8. The van der Waals surface area contributed by atoms with Crippen molar-refractivity contribution in [2.75, 3.05) is 24.2 Å². The third kappa shape index (κ3) is 4.38. The molecule has 0 saturated carbocycles. The van der Waals surface area contributed by atoms with Crippen molar-refractivity contribution in [3.05, 3.63) is 11.9 Å². The maximum atomic E-state index is 12.6. The predicted octanol–water partition coefficient (Wildman–Crippen LogP) is 3.00. The van der Waals surface area contributed by atoms with Gasteiger partial charge in [0.25, 0.3) is 0 Å². The molecule has 0 bridgehead atoms. The Hall–Kier alpha value is -1.53. The molecular weight excluding hydrogens is 245 g/mol. The molecule has 0 aliphatic heterocycles. The van der Waals surface area contributed by atoms with Crippen molar-refractivity contribution in [3.8, 4) is 0 Å². The number of aromatic nitrogens is 2. The summed E-state index contributed by atoms with van der Waals surface area (Å²) in [5, 5.41) is 5.46. The van der Waals surface area contributed by atoms with Gasteiger partial charge in [-0.1, -0.05) is 13.8 Å². The highest BCUT2D eigenvalue weighted by Gasteiger charge is 2.35. The zero-order valence-electron chi connectivity index (χ0n) is 10.6. The Morgan fingerprint density at radius 1 is 1.22 bits per heavy atom. The molecule has 7 heteroatoms. The zero-order valence-corrected chi connectivity index (χ0v) is 10.6. The molecule has 0 aliphatic rings. The number of anilines is 2. The normalized spacial score (nSPS) is 11.7. The smallest absolute Gasteiger partial charge is 0.373 e. The van der Waals surface area contributed by atoms with Crippen molar-refractivity contribution in [1.82, 2.24) is 9.97 Å². The van der Waals surface area contributed by atoms with Crippen LogP contribution in [-0.4, -0.2) is 23.6 Å². The minimum absolute atomic E-state index is 0.143. The van der Waals surface area contributed by atoms with Crippen molar-refractivity contribution >= 4 is 11.6 Å². The summed E-state index contributed by atoms with van der Waals surface area (Å²) in [6.45, 7) is 4.67. The Bertz CT molecular complexity index is 390. The van der Waals surface area contributed by atoms with Crippen molar-refractivity contribution in [2.45, 2.75) is 26.4 Å². The summed E-state index contributed by atoms with van der Waals surface area (Å²) < 4.78 is 37.7. The van der Waals surface area contributed by atoms with Crippen LogP contribution < -0.4 is 10.6 Å². The van der Waals surface area contributed by atoms with Crippen LogP contribution in [0.5, 0.6) is 0 Å². The van der Waals surface area contributed by atoms with Crippen LogP contribution in [-0.2, 0) is 6.18 Å². The summed E-state index contributed by atoms with van der Waals surface area (Å²) in [6.07, 6.45) is -3.68. The van der Waals surface area contributed by atoms with Crippen molar-refractivity contribution in [3.63, 3.8) is 0 Å². The van der Waals surface area contributed by atoms with Gasteiger partial charge in [0.1, 0.15) is 11.6 Å². The van der Waals surface area contributed by atoms with Gasteiger partial charge < -0.3 is 10.6 Å². The number of alkyl halides is 3. The monoisotopic (exact) mass is 262 g/mol. The average Bonchev–Trinajstić information content (AvgIpc) is 2.27. The lowest BCUT2D eigenvalue weighted by Gasteiger charge is -2.12. The number of halogens is 3. The maximum Gasteiger partial charge on any atom is 0.451 e. The van der Waals surface area contributed by atoms with Crippen molar-refractivity contribution < 1.29 is 13.2 Å². The highest BCUT2D eigenvalue weighted by atomic mass is 19.4. The largest absolute Gasteiger partial charge is 0.451 e. The lowest BCUT2D eigenvalue weighted by molar-refractivity contribution is -0.144. The minimum Gasteiger partial charge on any atom is -0.373 e. The summed E-state index contributed by atoms with van der Waals surface area (Å²) in [5.41, 5.74) is 0. The van der Waals surface area contributed by atoms with Gasteiger partial charge in [-0.15, -0.1) is 0 Å². The van der Waals surface area contributed by atoms with Gasteiger partial charge >= 0.3 is 6.18 Å². The van der Waals surface area contributed by atoms with Gasteiger partial charge in [-0.3, -0.25) is 0 Å². The van der Waals surface area contributed by atoms with Crippen LogP contribution in [0.2, 0.25) is 0 Å². The molecule has 18 heavy (non-hydrogen) atoms. The third-order valence-corrected chi connectivity index (χ3v) is 2.26. The molecule has 0 aliphatic carbocycles. The minimum atomic E-state index is -4.54. The summed E-state index contributed by atoms with van der Waals surface area (Å²) in [6, 6.07) is 1.45. The van der Waals surface area contributed by atoms with E-state index in [1.807, 2.05) is 13.8 Å². The fourth-order valence-corrected chi connectivity index (χ4v) is 1.28. The Kier molecular flexibility index (Phi) is 4.75. The van der Waals surface area contributed by atoms with E-state index >= 15 is 0 Å². The predicted molar refractivity (Wildman–Crippen MR) is 64.5 cm³/mol. The van der Waals surface area contributed by atoms with Crippen LogP contribution in [0.15, 0.2) is 6.07 Å². The summed E-state index contributed by atoms with van der Waals surface area (Å²) in [5.74, 6) is -0.335. The molecule has 0 saturated heterocycles. The lowest BCUT2D eigenvalue weighted by atomic mass is 10.1. The van der Waals surface area contributed by atoms with E-state index in [2.05, 4.69) is 20.6 Å². The van der Waals surface area contributed by atoms with E-state index in [4.69, 9.17) is 0 Å². The summed E-state index contributed by atoms with van der Waals surface area (Å²) >= 11 is 0. The van der Waals surface area contributed by atoms with Crippen LogP contribution in [0.25, 0.3) is 0 Å². The van der Waals surface area contributed by atoms with Crippen LogP contribution in [0, 0.1) is 5.92 Å². The topological polar surface area (TPSA) is 49.8 Å². The number of hydrogen-bond acceptors (Lipinski definition) is 4. The summed E-state index contributed by atoms with van der Waals surface area (Å²) in [7, 11) is 1.51. The van der Waals surface area contributed by atoms with Crippen molar-refractivity contribution in [2.24, 2.45) is 5.92 Å². The average molecular weight is 262 g/mol. The van der Waals surface area contributed by atoms with Gasteiger partial charge in [0.2, 0.25) is 5.82 Å². The quantitative estimate of drug-likeness (QED) is 0.856. The maximum absolute atomic E-state index is 12.6. The highest BCUT2D eigenvalue weighted by molar-refractivity contribution is 5.47. The van der Waals surface area contributed by atoms with E-state index in [1.165, 1.54) is 13.1 Å². The number of hydrogen-bond donors (Lipinski definition) is 2. The van der Waals surface area contributed by atoms with Gasteiger partial charge in [0, 0.05) is 19.7 Å². The molecule has 0 atom stereocenters. The van der Waals surface area contributed by atoms with Crippen LogP contribution in [0.1, 0.15) is 26.1 Å². The Morgan fingerprint density at radius 2 is 1.83 bits per heavy atom. The Morgan fingerprint density at radius 3 is 2.33 bits per heavy atom. The molecule has 1 rings (SSSR count). The second kappa shape index (κ2) is 5.88. The first kappa shape index (κ1) is 14.5. The van der Waals surface area contributed by atoms with Gasteiger partial charge in [-0.2, -0.15) is 13.2 Å². The molecular formula is C11H17F3N4. The van der Waals surface area contributed by atoms with Crippen LogP contribution in [0.4, 0.5) is 24.8 Å². The molecule has 0 aromatic carbocycles. The number of nitrogens with one attached hydrogen (secondary N) is 2. The number of nitrogens with zero attached hydrogens (tertiary/aromatic N) is 2. The first-order valence-corrected chi connectivity index (χ1v) is 5.71. The first-order valence-electron chi connectivity index (χ1n) is 5.71. The summed E-state index contributed by atoms with van der Waals surface area (Å²) in [4.78, 5) is 6.84. The SMILES string of the molecule is CNc1cc(NCCC(C)C)nc(C(F)(F)F)n1. The molecule has 0 fully saturated rings. The molecule has 102 valence electrons. The van der Waals surface area contributed by atoms with Gasteiger partial charge in [-0.05, 0) is 12.3 Å². The molecule has 1 aromatic rings. The fraction of sp³-hybridized carbons (Fsp3) is 0.636. The van der Waals surface area contributed by atoms with Crippen LogP contribution in [0.3, 0.4) is 0 Å².